The lowest BCUT2D eigenvalue weighted by Gasteiger charge is -2.33. The SMILES string of the molecule is CN(C)[C@H]1CC[C@@H](Nc2nnc(Cl)c3ccccc23)CC1. The lowest BCUT2D eigenvalue weighted by molar-refractivity contribution is 0.221. The third kappa shape index (κ3) is 3.11. The first-order chi connectivity index (χ1) is 10.1. The topological polar surface area (TPSA) is 41.0 Å². The standard InChI is InChI=1S/C16H21ClN4/c1-21(2)12-9-7-11(8-10-12)18-16-14-6-4-3-5-13(14)15(17)19-20-16/h3-6,11-12H,7-10H2,1-2H3,(H,18,20)/t11-,12+. The zero-order valence-corrected chi connectivity index (χ0v) is 13.3. The largest absolute Gasteiger partial charge is 0.365 e. The van der Waals surface area contributed by atoms with Gasteiger partial charge in [-0.3, -0.25) is 0 Å². The highest BCUT2D eigenvalue weighted by atomic mass is 35.5. The van der Waals surface area contributed by atoms with Crippen molar-refractivity contribution in [2.75, 3.05) is 19.4 Å². The van der Waals surface area contributed by atoms with Crippen LogP contribution in [0.25, 0.3) is 10.8 Å². The van der Waals surface area contributed by atoms with Crippen molar-refractivity contribution in [3.63, 3.8) is 0 Å². The minimum atomic E-state index is 0.465. The van der Waals surface area contributed by atoms with Gasteiger partial charge in [-0.15, -0.1) is 10.2 Å². The van der Waals surface area contributed by atoms with Gasteiger partial charge < -0.3 is 10.2 Å². The number of hydrogen-bond acceptors (Lipinski definition) is 4. The molecule has 21 heavy (non-hydrogen) atoms. The van der Waals surface area contributed by atoms with Gasteiger partial charge in [0.1, 0.15) is 0 Å². The lowest BCUT2D eigenvalue weighted by Crippen LogP contribution is -2.36. The van der Waals surface area contributed by atoms with Crippen LogP contribution in [-0.4, -0.2) is 41.3 Å². The Kier molecular flexibility index (Phi) is 4.27. The molecular weight excluding hydrogens is 284 g/mol. The third-order valence-corrected chi connectivity index (χ3v) is 4.69. The Morgan fingerprint density at radius 2 is 1.71 bits per heavy atom. The summed E-state index contributed by atoms with van der Waals surface area (Å²) in [6.45, 7) is 0. The predicted octanol–water partition coefficient (Wildman–Crippen LogP) is 3.57. The summed E-state index contributed by atoms with van der Waals surface area (Å²) in [6, 6.07) is 9.19. The van der Waals surface area contributed by atoms with Gasteiger partial charge in [0, 0.05) is 22.9 Å². The van der Waals surface area contributed by atoms with Crippen molar-refractivity contribution < 1.29 is 0 Å². The molecule has 1 saturated carbocycles. The van der Waals surface area contributed by atoms with E-state index in [1.54, 1.807) is 0 Å². The second-order valence-electron chi connectivity index (χ2n) is 6.00. The molecular formula is C16H21ClN4. The second-order valence-corrected chi connectivity index (χ2v) is 6.36. The van der Waals surface area contributed by atoms with Gasteiger partial charge in [0.15, 0.2) is 11.0 Å². The normalized spacial score (nSPS) is 22.7. The summed E-state index contributed by atoms with van der Waals surface area (Å²) in [7, 11) is 4.33. The molecule has 0 radical (unpaired) electrons. The maximum absolute atomic E-state index is 6.12. The van der Waals surface area contributed by atoms with Gasteiger partial charge in [-0.1, -0.05) is 35.9 Å². The van der Waals surface area contributed by atoms with Crippen LogP contribution in [0.1, 0.15) is 25.7 Å². The van der Waals surface area contributed by atoms with E-state index < -0.39 is 0 Å². The first-order valence-corrected chi connectivity index (χ1v) is 7.87. The number of nitrogens with zero attached hydrogens (tertiary/aromatic N) is 3. The van der Waals surface area contributed by atoms with Crippen molar-refractivity contribution in [1.29, 1.82) is 0 Å². The number of anilines is 1. The molecule has 4 nitrogen and oxygen atoms in total. The van der Waals surface area contributed by atoms with Crippen LogP contribution in [0.15, 0.2) is 24.3 Å². The molecule has 1 aromatic carbocycles. The van der Waals surface area contributed by atoms with Crippen molar-refractivity contribution in [3.8, 4) is 0 Å². The van der Waals surface area contributed by atoms with Crippen LogP contribution in [0.3, 0.4) is 0 Å². The van der Waals surface area contributed by atoms with Crippen molar-refractivity contribution in [2.45, 2.75) is 37.8 Å². The van der Waals surface area contributed by atoms with Crippen LogP contribution in [0.2, 0.25) is 5.15 Å². The molecule has 2 aromatic rings. The maximum Gasteiger partial charge on any atom is 0.159 e. The van der Waals surface area contributed by atoms with Gasteiger partial charge in [-0.2, -0.15) is 0 Å². The Morgan fingerprint density at radius 1 is 1.05 bits per heavy atom. The van der Waals surface area contributed by atoms with Crippen molar-refractivity contribution in [3.05, 3.63) is 29.4 Å². The summed E-state index contributed by atoms with van der Waals surface area (Å²) in [5, 5.41) is 14.3. The van der Waals surface area contributed by atoms with Crippen molar-refractivity contribution in [2.24, 2.45) is 0 Å². The number of aromatic nitrogens is 2. The van der Waals surface area contributed by atoms with E-state index in [2.05, 4.69) is 34.5 Å². The van der Waals surface area contributed by atoms with E-state index in [0.29, 0.717) is 17.2 Å². The Balaban J connectivity index is 1.76. The quantitative estimate of drug-likeness (QED) is 0.941. The second kappa shape index (κ2) is 6.16. The van der Waals surface area contributed by atoms with Gasteiger partial charge in [-0.05, 0) is 39.8 Å². The molecule has 1 aliphatic carbocycles. The first-order valence-electron chi connectivity index (χ1n) is 7.49. The van der Waals surface area contributed by atoms with Crippen LogP contribution >= 0.6 is 11.6 Å². The molecule has 1 fully saturated rings. The summed E-state index contributed by atoms with van der Waals surface area (Å²) in [4.78, 5) is 2.33. The molecule has 0 aliphatic heterocycles. The van der Waals surface area contributed by atoms with E-state index in [-0.39, 0.29) is 0 Å². The highest BCUT2D eigenvalue weighted by Crippen LogP contribution is 2.29. The fourth-order valence-corrected chi connectivity index (χ4v) is 3.31. The number of halogens is 1. The molecule has 0 atom stereocenters. The van der Waals surface area contributed by atoms with Crippen LogP contribution in [0, 0.1) is 0 Å². The van der Waals surface area contributed by atoms with E-state index in [0.717, 1.165) is 16.6 Å². The van der Waals surface area contributed by atoms with Gasteiger partial charge >= 0.3 is 0 Å². The summed E-state index contributed by atoms with van der Waals surface area (Å²) in [5.74, 6) is 0.850. The smallest absolute Gasteiger partial charge is 0.159 e. The molecule has 0 spiro atoms. The van der Waals surface area contributed by atoms with E-state index in [1.807, 2.05) is 24.3 Å². The third-order valence-electron chi connectivity index (χ3n) is 4.41. The summed E-state index contributed by atoms with van der Waals surface area (Å²) in [6.07, 6.45) is 4.79. The fourth-order valence-electron chi connectivity index (χ4n) is 3.11. The van der Waals surface area contributed by atoms with Gasteiger partial charge in [0.05, 0.1) is 0 Å². The van der Waals surface area contributed by atoms with E-state index >= 15 is 0 Å². The van der Waals surface area contributed by atoms with Crippen molar-refractivity contribution in [1.82, 2.24) is 15.1 Å². The van der Waals surface area contributed by atoms with Crippen LogP contribution in [0.5, 0.6) is 0 Å². The Labute approximate surface area is 130 Å². The van der Waals surface area contributed by atoms with Crippen LogP contribution < -0.4 is 5.32 Å². The Hall–Kier alpha value is -1.39. The van der Waals surface area contributed by atoms with Crippen molar-refractivity contribution >= 4 is 28.2 Å². The Bertz CT molecular complexity index is 621. The molecule has 5 heteroatoms. The zero-order valence-electron chi connectivity index (χ0n) is 12.5. The zero-order chi connectivity index (χ0) is 14.8. The maximum atomic E-state index is 6.12. The highest BCUT2D eigenvalue weighted by molar-refractivity contribution is 6.34. The molecule has 1 aliphatic rings. The molecule has 1 aromatic heterocycles. The fraction of sp³-hybridized carbons (Fsp3) is 0.500. The van der Waals surface area contributed by atoms with E-state index in [1.165, 1.54) is 25.7 Å². The summed E-state index contributed by atoms with van der Waals surface area (Å²) >= 11 is 6.12. The molecule has 0 unspecified atom stereocenters. The average molecular weight is 305 g/mol. The number of fused-ring (bicyclic) bond motifs is 1. The van der Waals surface area contributed by atoms with Gasteiger partial charge in [0.25, 0.3) is 0 Å². The van der Waals surface area contributed by atoms with Crippen LogP contribution in [0.4, 0.5) is 5.82 Å². The number of rotatable bonds is 3. The number of hydrogen-bond donors (Lipinski definition) is 1. The summed E-state index contributed by atoms with van der Waals surface area (Å²) in [5.41, 5.74) is 0. The van der Waals surface area contributed by atoms with E-state index in [4.69, 9.17) is 11.6 Å². The molecule has 3 rings (SSSR count). The molecule has 0 amide bonds. The number of benzene rings is 1. The molecule has 0 saturated heterocycles. The molecule has 112 valence electrons. The molecule has 1 heterocycles. The molecule has 0 bridgehead atoms. The first kappa shape index (κ1) is 14.5. The monoisotopic (exact) mass is 304 g/mol. The minimum Gasteiger partial charge on any atom is -0.365 e. The Morgan fingerprint density at radius 3 is 2.38 bits per heavy atom. The number of nitrogens with one attached hydrogen (secondary N) is 1. The van der Waals surface area contributed by atoms with Crippen LogP contribution in [-0.2, 0) is 0 Å². The van der Waals surface area contributed by atoms with E-state index in [9.17, 15) is 0 Å². The van der Waals surface area contributed by atoms with Gasteiger partial charge in [0.2, 0.25) is 0 Å². The van der Waals surface area contributed by atoms with Gasteiger partial charge in [-0.25, -0.2) is 0 Å². The average Bonchev–Trinajstić information content (AvgIpc) is 2.51. The highest BCUT2D eigenvalue weighted by Gasteiger charge is 2.23. The predicted molar refractivity (Wildman–Crippen MR) is 87.9 cm³/mol. The lowest BCUT2D eigenvalue weighted by atomic mass is 9.90. The summed E-state index contributed by atoms with van der Waals surface area (Å²) < 4.78 is 0. The molecule has 1 N–H and O–H groups in total. The minimum absolute atomic E-state index is 0.465.